The molecule has 0 atom stereocenters. The van der Waals surface area contributed by atoms with Gasteiger partial charge in [0.1, 0.15) is 22.7 Å². The number of fused-ring (bicyclic) bond motifs is 2. The fraction of sp³-hybridized carbons (Fsp3) is 0.385. The number of hydrogen-bond acceptors (Lipinski definition) is 8. The number of aliphatic hydroxyl groups excluding tert-OH is 1. The summed E-state index contributed by atoms with van der Waals surface area (Å²) in [5, 5.41) is 17.9. The number of aromatic nitrogens is 8. The molecular weight excluding hydrogens is 808 g/mol. The monoisotopic (exact) mass is 852 g/mol. The first-order valence-electron chi connectivity index (χ1n) is 19.0. The van der Waals surface area contributed by atoms with Gasteiger partial charge >= 0.3 is 11.8 Å². The summed E-state index contributed by atoms with van der Waals surface area (Å²) >= 11 is 0. The van der Waals surface area contributed by atoms with Crippen LogP contribution >= 0.6 is 0 Å². The maximum absolute atomic E-state index is 16.8. The number of benzene rings is 2. The third kappa shape index (κ3) is 8.21. The Kier molecular flexibility index (Phi) is 11.9. The number of aryl methyl sites for hydroxylation is 6. The summed E-state index contributed by atoms with van der Waals surface area (Å²) in [5.74, 6) is -13.8. The van der Waals surface area contributed by atoms with Crippen molar-refractivity contribution in [2.45, 2.75) is 72.1 Å². The van der Waals surface area contributed by atoms with Gasteiger partial charge in [-0.2, -0.15) is 37.7 Å². The van der Waals surface area contributed by atoms with Gasteiger partial charge < -0.3 is 39.6 Å². The lowest BCUT2D eigenvalue weighted by Crippen LogP contribution is -2.49. The first-order valence-corrected chi connectivity index (χ1v) is 19.0. The zero-order valence-corrected chi connectivity index (χ0v) is 34.1. The molecule has 4 amide bonds. The lowest BCUT2D eigenvalue weighted by molar-refractivity contribution is -0.221. The summed E-state index contributed by atoms with van der Waals surface area (Å²) in [6.45, 7) is 3.14. The number of alkyl halides is 4. The van der Waals surface area contributed by atoms with E-state index < -0.39 is 59.8 Å². The van der Waals surface area contributed by atoms with Gasteiger partial charge in [-0.3, -0.25) is 28.5 Å². The van der Waals surface area contributed by atoms with Gasteiger partial charge in [-0.1, -0.05) is 0 Å². The first kappa shape index (κ1) is 43.7. The van der Waals surface area contributed by atoms with Crippen LogP contribution in [0.4, 0.5) is 17.6 Å². The summed E-state index contributed by atoms with van der Waals surface area (Å²) in [4.78, 5) is 60.0. The molecule has 0 radical (unpaired) electrons. The minimum atomic E-state index is -4.98. The molecule has 18 nitrogen and oxygen atoms in total. The van der Waals surface area contributed by atoms with E-state index in [-0.39, 0.29) is 83.1 Å². The summed E-state index contributed by atoms with van der Waals surface area (Å²) in [6.07, 6.45) is 0.0684. The van der Waals surface area contributed by atoms with Crippen molar-refractivity contribution >= 4 is 45.7 Å². The van der Waals surface area contributed by atoms with Crippen LogP contribution in [-0.4, -0.2) is 91.6 Å². The third-order valence-corrected chi connectivity index (χ3v) is 10.0. The number of nitrogens with zero attached hydrogens (tertiary/aromatic N) is 10. The second kappa shape index (κ2) is 16.7. The van der Waals surface area contributed by atoms with Gasteiger partial charge in [-0.25, -0.2) is 0 Å². The van der Waals surface area contributed by atoms with Gasteiger partial charge in [-0.05, 0) is 70.2 Å². The molecule has 0 aliphatic heterocycles. The SMILES string of the molecule is CCn1nc(C)cc1C(=O)/N=c1\n(C)c2cc(C(N)=O)ccc2n1CC(F)(F)C(F)(F)Cn1/c(=N/C(=O)c2cc(C)nn2CC)n(C)c2cc(C(N)=O)cc(OCCCO)c21. The van der Waals surface area contributed by atoms with Gasteiger partial charge in [-0.15, -0.1) is 0 Å². The molecule has 0 saturated heterocycles. The highest BCUT2D eigenvalue weighted by Crippen LogP contribution is 2.39. The van der Waals surface area contributed by atoms with Gasteiger partial charge in [0.15, 0.2) is 0 Å². The smallest absolute Gasteiger partial charge is 0.329 e. The number of hydrogen-bond donors (Lipinski definition) is 3. The van der Waals surface area contributed by atoms with Crippen LogP contribution in [0.25, 0.3) is 22.1 Å². The second-order valence-electron chi connectivity index (χ2n) is 14.3. The Morgan fingerprint density at radius 1 is 0.721 bits per heavy atom. The summed E-state index contributed by atoms with van der Waals surface area (Å²) in [6, 6.07) is 8.93. The van der Waals surface area contributed by atoms with Gasteiger partial charge in [0.25, 0.3) is 11.8 Å². The molecule has 0 saturated carbocycles. The molecule has 4 aromatic heterocycles. The molecule has 2 aromatic carbocycles. The van der Waals surface area contributed by atoms with Crippen molar-refractivity contribution < 1.29 is 46.6 Å². The Balaban J connectivity index is 1.56. The minimum absolute atomic E-state index is 0.0126. The predicted molar refractivity (Wildman–Crippen MR) is 211 cm³/mol. The van der Waals surface area contributed by atoms with Gasteiger partial charge in [0.2, 0.25) is 23.1 Å². The van der Waals surface area contributed by atoms with E-state index in [0.29, 0.717) is 16.0 Å². The Labute approximate surface area is 343 Å². The van der Waals surface area contributed by atoms with E-state index in [9.17, 15) is 24.3 Å². The number of amides is 4. The Hall–Kier alpha value is -6.84. The number of rotatable bonds is 15. The van der Waals surface area contributed by atoms with E-state index in [1.807, 2.05) is 0 Å². The molecule has 0 spiro atoms. The third-order valence-electron chi connectivity index (χ3n) is 10.0. The molecule has 0 aliphatic rings. The van der Waals surface area contributed by atoms with Crippen molar-refractivity contribution in [2.75, 3.05) is 13.2 Å². The fourth-order valence-electron chi connectivity index (χ4n) is 7.00. The Bertz CT molecular complexity index is 2880. The van der Waals surface area contributed by atoms with Crippen molar-refractivity contribution in [3.05, 3.63) is 87.6 Å². The number of aliphatic hydroxyl groups is 1. The molecule has 0 fully saturated rings. The number of ether oxygens (including phenoxy) is 1. The van der Waals surface area contributed by atoms with Crippen LogP contribution in [0.5, 0.6) is 5.75 Å². The molecule has 4 heterocycles. The number of nitrogens with two attached hydrogens (primary N) is 2. The number of primary amides is 2. The molecular formula is C39H44F4N12O6. The Morgan fingerprint density at radius 3 is 1.72 bits per heavy atom. The maximum atomic E-state index is 16.8. The molecule has 0 bridgehead atoms. The highest BCUT2D eigenvalue weighted by Gasteiger charge is 2.57. The fourth-order valence-corrected chi connectivity index (χ4v) is 7.00. The van der Waals surface area contributed by atoms with Crippen molar-refractivity contribution in [2.24, 2.45) is 35.5 Å². The van der Waals surface area contributed by atoms with E-state index in [0.717, 1.165) is 15.2 Å². The summed E-state index contributed by atoms with van der Waals surface area (Å²) in [7, 11) is 2.69. The maximum Gasteiger partial charge on any atom is 0.329 e. The van der Waals surface area contributed by atoms with Crippen LogP contribution in [0, 0.1) is 13.8 Å². The molecule has 22 heteroatoms. The standard InChI is InChI=1S/C39H44F4N12O6/c1-7-54-28(14-21(3)48-54)34(59)46-36-50(5)26-16-23(32(44)57)10-11-25(26)52(36)19-38(40,41)39(42,43)20-53-31-27(17-24(33(45)58)18-30(31)61-13-9-12-56)51(6)37(53)47-35(60)29-15-22(4)49-55(29)8-2/h10-11,14-18,56H,7-9,12-13,19-20H2,1-6H3,(H2,44,57)(H2,45,58)/b46-36+,47-37+. The number of halogens is 4. The minimum Gasteiger partial charge on any atom is -0.491 e. The average Bonchev–Trinajstić information content (AvgIpc) is 3.92. The molecule has 6 aromatic rings. The molecule has 0 unspecified atom stereocenters. The zero-order valence-electron chi connectivity index (χ0n) is 34.1. The molecule has 0 aliphatic carbocycles. The molecule has 5 N–H and O–H groups in total. The van der Waals surface area contributed by atoms with Crippen LogP contribution in [0.3, 0.4) is 0 Å². The van der Waals surface area contributed by atoms with Crippen LogP contribution in [0.15, 0.2) is 52.4 Å². The molecule has 6 rings (SSSR count). The Morgan fingerprint density at radius 2 is 1.21 bits per heavy atom. The lowest BCUT2D eigenvalue weighted by atomic mass is 10.1. The highest BCUT2D eigenvalue weighted by atomic mass is 19.3. The van der Waals surface area contributed by atoms with Crippen LogP contribution in [-0.2, 0) is 40.3 Å². The lowest BCUT2D eigenvalue weighted by Gasteiger charge is -2.28. The van der Waals surface area contributed by atoms with E-state index >= 15 is 17.6 Å². The van der Waals surface area contributed by atoms with Crippen LogP contribution < -0.4 is 27.4 Å². The van der Waals surface area contributed by atoms with Crippen molar-refractivity contribution in [1.82, 2.24) is 37.8 Å². The average molecular weight is 853 g/mol. The quantitative estimate of drug-likeness (QED) is 0.103. The number of carbonyl (C=O) groups is 4. The van der Waals surface area contributed by atoms with Crippen molar-refractivity contribution in [3.63, 3.8) is 0 Å². The van der Waals surface area contributed by atoms with E-state index in [1.165, 1.54) is 64.4 Å². The van der Waals surface area contributed by atoms with E-state index in [1.54, 1.807) is 27.7 Å². The van der Waals surface area contributed by atoms with Gasteiger partial charge in [0, 0.05) is 51.3 Å². The summed E-state index contributed by atoms with van der Waals surface area (Å²) in [5.41, 5.74) is 10.6. The van der Waals surface area contributed by atoms with E-state index in [4.69, 9.17) is 16.2 Å². The molecule has 324 valence electrons. The van der Waals surface area contributed by atoms with Crippen LogP contribution in [0.2, 0.25) is 0 Å². The van der Waals surface area contributed by atoms with Crippen molar-refractivity contribution in [3.8, 4) is 5.75 Å². The second-order valence-corrected chi connectivity index (χ2v) is 14.3. The highest BCUT2D eigenvalue weighted by molar-refractivity contribution is 5.99. The normalized spacial score (nSPS) is 12.9. The number of imidazole rings is 2. The van der Waals surface area contributed by atoms with Crippen molar-refractivity contribution in [1.29, 1.82) is 0 Å². The summed E-state index contributed by atoms with van der Waals surface area (Å²) < 4.78 is 79.3. The first-order chi connectivity index (χ1) is 28.7. The topological polar surface area (TPSA) is 230 Å². The number of carbonyl (C=O) groups excluding carboxylic acids is 4. The largest absolute Gasteiger partial charge is 0.491 e. The predicted octanol–water partition coefficient (Wildman–Crippen LogP) is 2.73. The van der Waals surface area contributed by atoms with Gasteiger partial charge in [0.05, 0.1) is 47.6 Å². The zero-order chi connectivity index (χ0) is 44.7. The molecule has 61 heavy (non-hydrogen) atoms. The van der Waals surface area contributed by atoms with Crippen LogP contribution in [0.1, 0.15) is 73.3 Å². The van der Waals surface area contributed by atoms with E-state index in [2.05, 4.69) is 20.2 Å².